The van der Waals surface area contributed by atoms with Crippen molar-refractivity contribution in [3.63, 3.8) is 0 Å². The Morgan fingerprint density at radius 1 is 1.62 bits per heavy atom. The van der Waals surface area contributed by atoms with Crippen LogP contribution in [0.2, 0.25) is 5.02 Å². The zero-order valence-corrected chi connectivity index (χ0v) is 10.4. The van der Waals surface area contributed by atoms with E-state index in [0.717, 1.165) is 11.4 Å². The van der Waals surface area contributed by atoms with Crippen molar-refractivity contribution < 1.29 is 9.90 Å². The number of aromatic nitrogens is 2. The first-order valence-electron chi connectivity index (χ1n) is 4.97. The Hall–Kier alpha value is -1.07. The van der Waals surface area contributed by atoms with Crippen molar-refractivity contribution in [3.8, 4) is 0 Å². The third-order valence-corrected chi connectivity index (χ3v) is 3.17. The summed E-state index contributed by atoms with van der Waals surface area (Å²) in [6.45, 7) is 5.59. The van der Waals surface area contributed by atoms with Crippen molar-refractivity contribution in [1.29, 1.82) is 0 Å². The minimum atomic E-state index is -1.24. The van der Waals surface area contributed by atoms with E-state index in [-0.39, 0.29) is 0 Å². The van der Waals surface area contributed by atoms with Gasteiger partial charge in [-0.2, -0.15) is 5.10 Å². The molecule has 90 valence electrons. The molecule has 0 aliphatic carbocycles. The summed E-state index contributed by atoms with van der Waals surface area (Å²) in [6.07, 6.45) is 0.306. The lowest BCUT2D eigenvalue weighted by atomic mass is 10.00. The van der Waals surface area contributed by atoms with E-state index in [1.54, 1.807) is 4.68 Å². The van der Waals surface area contributed by atoms with Gasteiger partial charge in [-0.3, -0.25) is 9.48 Å². The maximum Gasteiger partial charge on any atom is 0.323 e. The van der Waals surface area contributed by atoms with Crippen molar-refractivity contribution in [3.05, 3.63) is 16.4 Å². The Morgan fingerprint density at radius 2 is 2.19 bits per heavy atom. The van der Waals surface area contributed by atoms with E-state index >= 15 is 0 Å². The van der Waals surface area contributed by atoms with Crippen molar-refractivity contribution in [2.45, 2.75) is 39.3 Å². The number of carboxylic acids is 1. The summed E-state index contributed by atoms with van der Waals surface area (Å²) in [6, 6.07) is 0. The minimum Gasteiger partial charge on any atom is -0.480 e. The van der Waals surface area contributed by atoms with Crippen LogP contribution >= 0.6 is 11.6 Å². The Morgan fingerprint density at radius 3 is 2.56 bits per heavy atom. The van der Waals surface area contributed by atoms with Gasteiger partial charge in [0.1, 0.15) is 5.54 Å². The van der Waals surface area contributed by atoms with E-state index in [2.05, 4.69) is 5.10 Å². The van der Waals surface area contributed by atoms with E-state index in [9.17, 15) is 4.79 Å². The second-order valence-corrected chi connectivity index (χ2v) is 4.56. The van der Waals surface area contributed by atoms with Gasteiger partial charge in [-0.05, 0) is 27.2 Å². The SMILES string of the molecule is Cc1nn(CCC(C)(N)C(=O)O)c(C)c1Cl. The molecule has 0 fully saturated rings. The molecule has 1 unspecified atom stereocenters. The molecule has 0 amide bonds. The molecule has 0 spiro atoms. The summed E-state index contributed by atoms with van der Waals surface area (Å²) >= 11 is 5.98. The van der Waals surface area contributed by atoms with Gasteiger partial charge in [-0.1, -0.05) is 11.6 Å². The molecule has 0 aromatic carbocycles. The molecule has 1 aromatic rings. The van der Waals surface area contributed by atoms with Gasteiger partial charge in [0.15, 0.2) is 0 Å². The minimum absolute atomic E-state index is 0.306. The van der Waals surface area contributed by atoms with E-state index in [4.69, 9.17) is 22.4 Å². The van der Waals surface area contributed by atoms with Crippen LogP contribution in [0.4, 0.5) is 0 Å². The first-order chi connectivity index (χ1) is 7.25. The molecule has 0 radical (unpaired) electrons. The maximum absolute atomic E-state index is 10.8. The fourth-order valence-corrected chi connectivity index (χ4v) is 1.47. The Bertz CT molecular complexity index is 412. The predicted molar refractivity (Wildman–Crippen MR) is 61.6 cm³/mol. The highest BCUT2D eigenvalue weighted by Gasteiger charge is 2.27. The highest BCUT2D eigenvalue weighted by atomic mass is 35.5. The van der Waals surface area contributed by atoms with Crippen LogP contribution in [0.15, 0.2) is 0 Å². The Balaban J connectivity index is 2.76. The summed E-state index contributed by atoms with van der Waals surface area (Å²) in [4.78, 5) is 10.8. The number of halogens is 1. The van der Waals surface area contributed by atoms with Crippen LogP contribution in [0.25, 0.3) is 0 Å². The summed E-state index contributed by atoms with van der Waals surface area (Å²) in [5, 5.41) is 13.7. The third-order valence-electron chi connectivity index (χ3n) is 2.62. The Labute approximate surface area is 99.2 Å². The van der Waals surface area contributed by atoms with Gasteiger partial charge in [0, 0.05) is 6.54 Å². The molecule has 1 heterocycles. The normalized spacial score (nSPS) is 14.8. The van der Waals surface area contributed by atoms with Crippen molar-refractivity contribution in [2.75, 3.05) is 0 Å². The number of hydrogen-bond acceptors (Lipinski definition) is 3. The quantitative estimate of drug-likeness (QED) is 0.839. The van der Waals surface area contributed by atoms with Crippen molar-refractivity contribution in [2.24, 2.45) is 5.73 Å². The second kappa shape index (κ2) is 4.43. The zero-order chi connectivity index (χ0) is 12.5. The molecule has 3 N–H and O–H groups in total. The molecule has 5 nitrogen and oxygen atoms in total. The van der Waals surface area contributed by atoms with Gasteiger partial charge in [0.25, 0.3) is 0 Å². The lowest BCUT2D eigenvalue weighted by molar-refractivity contribution is -0.143. The molecule has 1 rings (SSSR count). The summed E-state index contributed by atoms with van der Waals surface area (Å²) in [5.74, 6) is -1.01. The smallest absolute Gasteiger partial charge is 0.323 e. The number of carbonyl (C=O) groups is 1. The first kappa shape index (κ1) is 13.0. The average molecular weight is 246 g/mol. The molecular weight excluding hydrogens is 230 g/mol. The number of nitrogens with two attached hydrogens (primary N) is 1. The van der Waals surface area contributed by atoms with Crippen LogP contribution < -0.4 is 5.73 Å². The predicted octanol–water partition coefficient (Wildman–Crippen LogP) is 1.35. The van der Waals surface area contributed by atoms with Crippen LogP contribution in [0.5, 0.6) is 0 Å². The van der Waals surface area contributed by atoms with Gasteiger partial charge in [-0.25, -0.2) is 0 Å². The van der Waals surface area contributed by atoms with E-state index in [0.29, 0.717) is 18.0 Å². The molecular formula is C10H16ClN3O2. The number of nitrogens with zero attached hydrogens (tertiary/aromatic N) is 2. The van der Waals surface area contributed by atoms with Crippen LogP contribution in [0, 0.1) is 13.8 Å². The van der Waals surface area contributed by atoms with Gasteiger partial charge in [-0.15, -0.1) is 0 Å². The third kappa shape index (κ3) is 2.54. The molecule has 0 aliphatic rings. The maximum atomic E-state index is 10.8. The molecule has 0 bridgehead atoms. The fraction of sp³-hybridized carbons (Fsp3) is 0.600. The number of rotatable bonds is 4. The number of aryl methyl sites for hydroxylation is 2. The summed E-state index contributed by atoms with van der Waals surface area (Å²) in [5.41, 5.74) is 5.97. The van der Waals surface area contributed by atoms with E-state index < -0.39 is 11.5 Å². The van der Waals surface area contributed by atoms with Gasteiger partial charge in [0.05, 0.1) is 16.4 Å². The highest BCUT2D eigenvalue weighted by Crippen LogP contribution is 2.20. The van der Waals surface area contributed by atoms with Gasteiger partial charge >= 0.3 is 5.97 Å². The molecule has 1 aromatic heterocycles. The standard InChI is InChI=1S/C10H16ClN3O2/c1-6-8(11)7(2)14(13-6)5-4-10(3,12)9(15)16/h4-5,12H2,1-3H3,(H,15,16). The van der Waals surface area contributed by atoms with Gasteiger partial charge < -0.3 is 10.8 Å². The first-order valence-corrected chi connectivity index (χ1v) is 5.35. The van der Waals surface area contributed by atoms with E-state index in [1.807, 2.05) is 13.8 Å². The molecule has 0 aliphatic heterocycles. The monoisotopic (exact) mass is 245 g/mol. The number of hydrogen-bond donors (Lipinski definition) is 2. The Kier molecular flexibility index (Phi) is 3.60. The van der Waals surface area contributed by atoms with Crippen LogP contribution in [0.3, 0.4) is 0 Å². The van der Waals surface area contributed by atoms with Crippen molar-refractivity contribution in [1.82, 2.24) is 9.78 Å². The van der Waals surface area contributed by atoms with Crippen LogP contribution in [-0.4, -0.2) is 26.4 Å². The van der Waals surface area contributed by atoms with Crippen molar-refractivity contribution >= 4 is 17.6 Å². The van der Waals surface area contributed by atoms with Crippen LogP contribution in [0.1, 0.15) is 24.7 Å². The average Bonchev–Trinajstić information content (AvgIpc) is 2.43. The van der Waals surface area contributed by atoms with Crippen LogP contribution in [-0.2, 0) is 11.3 Å². The topological polar surface area (TPSA) is 81.1 Å². The molecule has 0 saturated heterocycles. The second-order valence-electron chi connectivity index (χ2n) is 4.18. The summed E-state index contributed by atoms with van der Waals surface area (Å²) < 4.78 is 1.69. The fourth-order valence-electron chi connectivity index (χ4n) is 1.34. The number of carboxylic acid groups (broad SMARTS) is 1. The van der Waals surface area contributed by atoms with E-state index in [1.165, 1.54) is 6.92 Å². The summed E-state index contributed by atoms with van der Waals surface area (Å²) in [7, 11) is 0. The lowest BCUT2D eigenvalue weighted by Gasteiger charge is -2.19. The van der Waals surface area contributed by atoms with Gasteiger partial charge in [0.2, 0.25) is 0 Å². The number of aliphatic carboxylic acids is 1. The largest absolute Gasteiger partial charge is 0.480 e. The molecule has 1 atom stereocenters. The zero-order valence-electron chi connectivity index (χ0n) is 9.62. The lowest BCUT2D eigenvalue weighted by Crippen LogP contribution is -2.45. The molecule has 16 heavy (non-hydrogen) atoms. The highest BCUT2D eigenvalue weighted by molar-refractivity contribution is 6.31. The molecule has 0 saturated carbocycles. The molecule has 6 heteroatoms.